The second kappa shape index (κ2) is 7.24. The number of carbonyl (C=O) groups excluding carboxylic acids is 1. The summed E-state index contributed by atoms with van der Waals surface area (Å²) in [4.78, 5) is 13.8. The molecule has 0 saturated carbocycles. The number of alkyl halides is 1. The van der Waals surface area contributed by atoms with Crippen LogP contribution in [0.15, 0.2) is 18.2 Å². The molecular formula is C13H18ClNO3. The minimum atomic E-state index is -0.228. The predicted molar refractivity (Wildman–Crippen MR) is 71.3 cm³/mol. The number of hydrogen-bond donors (Lipinski definition) is 1. The van der Waals surface area contributed by atoms with E-state index >= 15 is 0 Å². The molecule has 0 fully saturated rings. The third kappa shape index (κ3) is 3.89. The molecule has 1 amide bonds. The van der Waals surface area contributed by atoms with Gasteiger partial charge in [0.25, 0.3) is 5.91 Å². The Balaban J connectivity index is 2.90. The molecule has 0 aromatic heterocycles. The molecule has 1 N–H and O–H groups in total. The Morgan fingerprint density at radius 3 is 2.78 bits per heavy atom. The van der Waals surface area contributed by atoms with Gasteiger partial charge in [-0.1, -0.05) is 11.6 Å². The van der Waals surface area contributed by atoms with Crippen LogP contribution in [0, 0.1) is 6.92 Å². The first kappa shape index (κ1) is 14.8. The third-order valence-electron chi connectivity index (χ3n) is 2.59. The van der Waals surface area contributed by atoms with Crippen molar-refractivity contribution in [3.05, 3.63) is 29.3 Å². The van der Waals surface area contributed by atoms with Crippen LogP contribution in [-0.4, -0.2) is 48.6 Å². The van der Waals surface area contributed by atoms with Crippen molar-refractivity contribution < 1.29 is 14.6 Å². The summed E-state index contributed by atoms with van der Waals surface area (Å²) in [7, 11) is 1.58. The number of aromatic hydroxyl groups is 1. The highest BCUT2D eigenvalue weighted by atomic mass is 35.5. The molecule has 0 spiro atoms. The average molecular weight is 272 g/mol. The number of amides is 1. The second-order valence-electron chi connectivity index (χ2n) is 3.99. The van der Waals surface area contributed by atoms with Crippen LogP contribution in [0.2, 0.25) is 0 Å². The fourth-order valence-electron chi connectivity index (χ4n) is 1.61. The number of phenols is 1. The standard InChI is InChI=1S/C13H18ClNO3/c1-10-3-4-12(16)11(9-10)13(17)15(6-5-14)7-8-18-2/h3-4,9,16H,5-8H2,1-2H3. The molecule has 18 heavy (non-hydrogen) atoms. The van der Waals surface area contributed by atoms with Crippen LogP contribution >= 0.6 is 11.6 Å². The molecule has 0 unspecified atom stereocenters. The smallest absolute Gasteiger partial charge is 0.257 e. The monoisotopic (exact) mass is 271 g/mol. The van der Waals surface area contributed by atoms with Gasteiger partial charge in [-0.15, -0.1) is 11.6 Å². The summed E-state index contributed by atoms with van der Waals surface area (Å²) in [6.45, 7) is 3.19. The first-order chi connectivity index (χ1) is 8.60. The Hall–Kier alpha value is -1.26. The van der Waals surface area contributed by atoms with E-state index in [1.165, 1.54) is 6.07 Å². The first-order valence-electron chi connectivity index (χ1n) is 5.74. The fourth-order valence-corrected chi connectivity index (χ4v) is 1.81. The van der Waals surface area contributed by atoms with Gasteiger partial charge in [-0.3, -0.25) is 4.79 Å². The minimum absolute atomic E-state index is 0.0115. The third-order valence-corrected chi connectivity index (χ3v) is 2.76. The van der Waals surface area contributed by atoms with Crippen LogP contribution in [0.3, 0.4) is 0 Å². The lowest BCUT2D eigenvalue weighted by molar-refractivity contribution is 0.0705. The SMILES string of the molecule is COCCN(CCCl)C(=O)c1cc(C)ccc1O. The lowest BCUT2D eigenvalue weighted by Crippen LogP contribution is -2.35. The van der Waals surface area contributed by atoms with Crippen molar-refractivity contribution in [3.8, 4) is 5.75 Å². The van der Waals surface area contributed by atoms with Crippen molar-refractivity contribution in [3.63, 3.8) is 0 Å². The van der Waals surface area contributed by atoms with Crippen molar-refractivity contribution >= 4 is 17.5 Å². The van der Waals surface area contributed by atoms with Crippen LogP contribution in [0.25, 0.3) is 0 Å². The number of benzene rings is 1. The first-order valence-corrected chi connectivity index (χ1v) is 6.27. The lowest BCUT2D eigenvalue weighted by atomic mass is 10.1. The van der Waals surface area contributed by atoms with Gasteiger partial charge < -0.3 is 14.7 Å². The number of methoxy groups -OCH3 is 1. The van der Waals surface area contributed by atoms with Crippen molar-refractivity contribution in [2.45, 2.75) is 6.92 Å². The summed E-state index contributed by atoms with van der Waals surface area (Å²) >= 11 is 5.68. The van der Waals surface area contributed by atoms with Gasteiger partial charge in [0.1, 0.15) is 5.75 Å². The van der Waals surface area contributed by atoms with Crippen molar-refractivity contribution in [2.75, 3.05) is 32.7 Å². The van der Waals surface area contributed by atoms with Crippen LogP contribution in [-0.2, 0) is 4.74 Å². The number of nitrogens with zero attached hydrogens (tertiary/aromatic N) is 1. The maximum absolute atomic E-state index is 12.3. The molecule has 0 aliphatic carbocycles. The van der Waals surface area contributed by atoms with Crippen molar-refractivity contribution in [1.29, 1.82) is 0 Å². The summed E-state index contributed by atoms with van der Waals surface area (Å²) in [5.41, 5.74) is 1.23. The summed E-state index contributed by atoms with van der Waals surface area (Å²) in [6.07, 6.45) is 0. The van der Waals surface area contributed by atoms with E-state index in [4.69, 9.17) is 16.3 Å². The lowest BCUT2D eigenvalue weighted by Gasteiger charge is -2.22. The number of carbonyl (C=O) groups is 1. The van der Waals surface area contributed by atoms with E-state index in [2.05, 4.69) is 0 Å². The zero-order valence-electron chi connectivity index (χ0n) is 10.6. The molecule has 5 heteroatoms. The Bertz CT molecular complexity index is 409. The van der Waals surface area contributed by atoms with Crippen LogP contribution in [0.5, 0.6) is 5.75 Å². The number of hydrogen-bond acceptors (Lipinski definition) is 3. The summed E-state index contributed by atoms with van der Waals surface area (Å²) in [6, 6.07) is 4.95. The summed E-state index contributed by atoms with van der Waals surface area (Å²) in [5.74, 6) is 0.110. The Labute approximate surface area is 112 Å². The fraction of sp³-hybridized carbons (Fsp3) is 0.462. The largest absolute Gasteiger partial charge is 0.507 e. The van der Waals surface area contributed by atoms with E-state index in [0.717, 1.165) is 5.56 Å². The maximum atomic E-state index is 12.3. The van der Waals surface area contributed by atoms with Gasteiger partial charge in [-0.2, -0.15) is 0 Å². The zero-order chi connectivity index (χ0) is 13.5. The molecule has 1 rings (SSSR count). The van der Waals surface area contributed by atoms with Crippen molar-refractivity contribution in [1.82, 2.24) is 4.90 Å². The van der Waals surface area contributed by atoms with Gasteiger partial charge in [0.2, 0.25) is 0 Å². The number of ether oxygens (including phenoxy) is 1. The molecule has 1 aromatic carbocycles. The molecule has 0 aliphatic rings. The van der Waals surface area contributed by atoms with E-state index in [1.54, 1.807) is 24.1 Å². The number of aryl methyl sites for hydroxylation is 1. The molecule has 4 nitrogen and oxygen atoms in total. The number of halogens is 1. The average Bonchev–Trinajstić information content (AvgIpc) is 2.36. The van der Waals surface area contributed by atoms with Crippen LogP contribution in [0.1, 0.15) is 15.9 Å². The van der Waals surface area contributed by atoms with Gasteiger partial charge >= 0.3 is 0 Å². The maximum Gasteiger partial charge on any atom is 0.257 e. The Morgan fingerprint density at radius 2 is 2.17 bits per heavy atom. The zero-order valence-corrected chi connectivity index (χ0v) is 11.4. The summed E-state index contributed by atoms with van der Waals surface area (Å²) < 4.78 is 4.96. The molecule has 0 radical (unpaired) electrons. The summed E-state index contributed by atoms with van der Waals surface area (Å²) in [5, 5.41) is 9.74. The van der Waals surface area contributed by atoms with E-state index in [9.17, 15) is 9.90 Å². The molecule has 1 aromatic rings. The molecule has 0 aliphatic heterocycles. The number of phenolic OH excluding ortho intramolecular Hbond substituents is 1. The van der Waals surface area contributed by atoms with Crippen LogP contribution < -0.4 is 0 Å². The topological polar surface area (TPSA) is 49.8 Å². The Morgan fingerprint density at radius 1 is 1.44 bits per heavy atom. The van der Waals surface area contributed by atoms with Gasteiger partial charge in [-0.05, 0) is 19.1 Å². The molecule has 100 valence electrons. The van der Waals surface area contributed by atoms with Crippen LogP contribution in [0.4, 0.5) is 0 Å². The van der Waals surface area contributed by atoms with Gasteiger partial charge in [-0.25, -0.2) is 0 Å². The Kier molecular flexibility index (Phi) is 5.95. The van der Waals surface area contributed by atoms with Gasteiger partial charge in [0, 0.05) is 26.1 Å². The van der Waals surface area contributed by atoms with E-state index < -0.39 is 0 Å². The highest BCUT2D eigenvalue weighted by Crippen LogP contribution is 2.20. The van der Waals surface area contributed by atoms with Crippen molar-refractivity contribution in [2.24, 2.45) is 0 Å². The highest BCUT2D eigenvalue weighted by molar-refractivity contribution is 6.18. The van der Waals surface area contributed by atoms with Gasteiger partial charge in [0.05, 0.1) is 12.2 Å². The molecule has 0 heterocycles. The molecule has 0 bridgehead atoms. The predicted octanol–water partition coefficient (Wildman–Crippen LogP) is 2.03. The molecule has 0 atom stereocenters. The minimum Gasteiger partial charge on any atom is -0.507 e. The molecule has 0 saturated heterocycles. The van der Waals surface area contributed by atoms with E-state index in [0.29, 0.717) is 31.1 Å². The highest BCUT2D eigenvalue weighted by Gasteiger charge is 2.18. The second-order valence-corrected chi connectivity index (χ2v) is 4.37. The van der Waals surface area contributed by atoms with E-state index in [1.807, 2.05) is 6.92 Å². The van der Waals surface area contributed by atoms with E-state index in [-0.39, 0.29) is 11.7 Å². The quantitative estimate of drug-likeness (QED) is 0.806. The number of rotatable bonds is 6. The van der Waals surface area contributed by atoms with Gasteiger partial charge in [0.15, 0.2) is 0 Å². The molecular weight excluding hydrogens is 254 g/mol. The normalized spacial score (nSPS) is 10.4.